The van der Waals surface area contributed by atoms with Crippen LogP contribution in [0.25, 0.3) is 0 Å². The molecule has 0 unspecified atom stereocenters. The summed E-state index contributed by atoms with van der Waals surface area (Å²) >= 11 is 0. The normalized spacial score (nSPS) is 11.2. The third kappa shape index (κ3) is 5.00. The van der Waals surface area contributed by atoms with Gasteiger partial charge in [-0.15, -0.1) is 0 Å². The number of ether oxygens (including phenoxy) is 1. The van der Waals surface area contributed by atoms with E-state index in [0.717, 1.165) is 24.3 Å². The van der Waals surface area contributed by atoms with Crippen molar-refractivity contribution in [1.29, 1.82) is 0 Å². The van der Waals surface area contributed by atoms with E-state index in [0.29, 0.717) is 11.3 Å². The van der Waals surface area contributed by atoms with Gasteiger partial charge in [0.05, 0.1) is 17.6 Å². The number of amides is 1. The molecule has 0 aliphatic carbocycles. The Morgan fingerprint density at radius 2 is 1.77 bits per heavy atom. The van der Waals surface area contributed by atoms with Gasteiger partial charge in [0.15, 0.2) is 0 Å². The maximum absolute atomic E-state index is 14.2. The molecule has 0 aromatic heterocycles. The Labute approximate surface area is 172 Å². The predicted molar refractivity (Wildman–Crippen MR) is 108 cm³/mol. The van der Waals surface area contributed by atoms with Gasteiger partial charge in [-0.3, -0.25) is 4.79 Å². The Kier molecular flexibility index (Phi) is 6.43. The maximum atomic E-state index is 14.2. The first-order valence-corrected chi connectivity index (χ1v) is 10.3. The van der Waals surface area contributed by atoms with Gasteiger partial charge in [0, 0.05) is 17.8 Å². The topological polar surface area (TPSA) is 84.5 Å². The first kappa shape index (κ1) is 21.4. The highest BCUT2D eigenvalue weighted by molar-refractivity contribution is 7.89. The quantitative estimate of drug-likeness (QED) is 0.596. The molecule has 0 aliphatic heterocycles. The predicted octanol–water partition coefficient (Wildman–Crippen LogP) is 3.70. The van der Waals surface area contributed by atoms with E-state index in [2.05, 4.69) is 10.0 Å². The highest BCUT2D eigenvalue weighted by Gasteiger charge is 2.20. The SMILES string of the molecule is COc1ccccc1CNS(=O)(=O)c1ccc(F)c(C(=O)Nc2cccc(F)c2)c1. The molecule has 0 saturated heterocycles. The lowest BCUT2D eigenvalue weighted by Crippen LogP contribution is -2.24. The van der Waals surface area contributed by atoms with Gasteiger partial charge in [-0.2, -0.15) is 0 Å². The van der Waals surface area contributed by atoms with Crippen LogP contribution in [-0.4, -0.2) is 21.4 Å². The summed E-state index contributed by atoms with van der Waals surface area (Å²) in [5.74, 6) is -1.88. The van der Waals surface area contributed by atoms with Gasteiger partial charge in [0.2, 0.25) is 10.0 Å². The number of halogens is 2. The van der Waals surface area contributed by atoms with Crippen molar-refractivity contribution in [3.05, 3.63) is 89.5 Å². The van der Waals surface area contributed by atoms with Crippen LogP contribution in [0.3, 0.4) is 0 Å². The van der Waals surface area contributed by atoms with Gasteiger partial charge >= 0.3 is 0 Å². The smallest absolute Gasteiger partial charge is 0.258 e. The molecule has 0 saturated carbocycles. The zero-order chi connectivity index (χ0) is 21.7. The number of carbonyl (C=O) groups is 1. The Hall–Kier alpha value is -3.30. The molecule has 0 spiro atoms. The van der Waals surface area contributed by atoms with Crippen molar-refractivity contribution < 1.29 is 26.7 Å². The second kappa shape index (κ2) is 9.02. The fourth-order valence-corrected chi connectivity index (χ4v) is 3.75. The number of methoxy groups -OCH3 is 1. The second-order valence-corrected chi connectivity index (χ2v) is 8.01. The fraction of sp³-hybridized carbons (Fsp3) is 0.0952. The van der Waals surface area contributed by atoms with Gasteiger partial charge in [-0.25, -0.2) is 21.9 Å². The molecule has 0 aliphatic rings. The third-order valence-corrected chi connectivity index (χ3v) is 5.62. The van der Waals surface area contributed by atoms with Crippen molar-refractivity contribution in [2.75, 3.05) is 12.4 Å². The highest BCUT2D eigenvalue weighted by atomic mass is 32.2. The van der Waals surface area contributed by atoms with Crippen molar-refractivity contribution in [2.24, 2.45) is 0 Å². The lowest BCUT2D eigenvalue weighted by atomic mass is 10.2. The molecule has 6 nitrogen and oxygen atoms in total. The van der Waals surface area contributed by atoms with Gasteiger partial charge in [0.1, 0.15) is 17.4 Å². The average Bonchev–Trinajstić information content (AvgIpc) is 2.72. The van der Waals surface area contributed by atoms with Gasteiger partial charge in [0.25, 0.3) is 5.91 Å². The average molecular weight is 432 g/mol. The summed E-state index contributed by atoms with van der Waals surface area (Å²) in [5, 5.41) is 2.34. The van der Waals surface area contributed by atoms with Crippen LogP contribution < -0.4 is 14.8 Å². The Morgan fingerprint density at radius 1 is 1.00 bits per heavy atom. The first-order valence-electron chi connectivity index (χ1n) is 8.78. The minimum atomic E-state index is -4.05. The number of hydrogen-bond donors (Lipinski definition) is 2. The second-order valence-electron chi connectivity index (χ2n) is 6.24. The van der Waals surface area contributed by atoms with E-state index >= 15 is 0 Å². The van der Waals surface area contributed by atoms with Gasteiger partial charge in [-0.05, 0) is 42.5 Å². The first-order chi connectivity index (χ1) is 14.3. The van der Waals surface area contributed by atoms with E-state index < -0.39 is 33.1 Å². The van der Waals surface area contributed by atoms with Crippen molar-refractivity contribution in [3.8, 4) is 5.75 Å². The highest BCUT2D eigenvalue weighted by Crippen LogP contribution is 2.20. The third-order valence-electron chi connectivity index (χ3n) is 4.22. The molecular formula is C21H18F2N2O4S. The van der Waals surface area contributed by atoms with Crippen LogP contribution in [0, 0.1) is 11.6 Å². The lowest BCUT2D eigenvalue weighted by molar-refractivity contribution is 0.102. The molecule has 3 aromatic rings. The number of benzene rings is 3. The van der Waals surface area contributed by atoms with Crippen LogP contribution >= 0.6 is 0 Å². The zero-order valence-corrected chi connectivity index (χ0v) is 16.7. The monoisotopic (exact) mass is 432 g/mol. The zero-order valence-electron chi connectivity index (χ0n) is 15.9. The molecular weight excluding hydrogens is 414 g/mol. The Balaban J connectivity index is 1.81. The molecule has 3 aromatic carbocycles. The molecule has 2 N–H and O–H groups in total. The summed E-state index contributed by atoms with van der Waals surface area (Å²) in [5.41, 5.74) is 0.233. The number of nitrogens with one attached hydrogen (secondary N) is 2. The van der Waals surface area contributed by atoms with Crippen LogP contribution in [0.2, 0.25) is 0 Å². The van der Waals surface area contributed by atoms with Gasteiger partial charge in [-0.1, -0.05) is 24.3 Å². The molecule has 0 atom stereocenters. The molecule has 0 radical (unpaired) electrons. The molecule has 0 fully saturated rings. The van der Waals surface area contributed by atoms with Crippen LogP contribution in [0.15, 0.2) is 71.6 Å². The molecule has 3 rings (SSSR count). The maximum Gasteiger partial charge on any atom is 0.258 e. The van der Waals surface area contributed by atoms with E-state index in [1.54, 1.807) is 24.3 Å². The van der Waals surface area contributed by atoms with Gasteiger partial charge < -0.3 is 10.1 Å². The summed E-state index contributed by atoms with van der Waals surface area (Å²) in [6.07, 6.45) is 0. The minimum Gasteiger partial charge on any atom is -0.496 e. The molecule has 0 bridgehead atoms. The summed E-state index contributed by atoms with van der Waals surface area (Å²) in [6.45, 7) is -0.0610. The van der Waals surface area contributed by atoms with Crippen LogP contribution in [0.5, 0.6) is 5.75 Å². The van der Waals surface area contributed by atoms with Crippen LogP contribution in [-0.2, 0) is 16.6 Å². The van der Waals surface area contributed by atoms with E-state index in [1.165, 1.54) is 25.3 Å². The molecule has 1 amide bonds. The molecule has 156 valence electrons. The standard InChI is InChI=1S/C21H18F2N2O4S/c1-29-20-8-3-2-5-14(20)13-24-30(27,28)17-9-10-19(23)18(12-17)21(26)25-16-7-4-6-15(22)11-16/h2-12,24H,13H2,1H3,(H,25,26). The largest absolute Gasteiger partial charge is 0.496 e. The van der Waals surface area contributed by atoms with Crippen LogP contribution in [0.1, 0.15) is 15.9 Å². The molecule has 9 heteroatoms. The number of carbonyl (C=O) groups excluding carboxylic acids is 1. The fourth-order valence-electron chi connectivity index (χ4n) is 2.72. The number of sulfonamides is 1. The minimum absolute atomic E-state index is 0.0610. The summed E-state index contributed by atoms with van der Waals surface area (Å²) in [6, 6.07) is 14.8. The summed E-state index contributed by atoms with van der Waals surface area (Å²) < 4.78 is 60.3. The summed E-state index contributed by atoms with van der Waals surface area (Å²) in [7, 11) is -2.58. The number of rotatable bonds is 7. The van der Waals surface area contributed by atoms with Crippen molar-refractivity contribution in [3.63, 3.8) is 0 Å². The summed E-state index contributed by atoms with van der Waals surface area (Å²) in [4.78, 5) is 12.1. The number of anilines is 1. The number of hydrogen-bond acceptors (Lipinski definition) is 4. The molecule has 0 heterocycles. The molecule has 30 heavy (non-hydrogen) atoms. The van der Waals surface area contributed by atoms with Crippen molar-refractivity contribution >= 4 is 21.6 Å². The lowest BCUT2D eigenvalue weighted by Gasteiger charge is -2.12. The Morgan fingerprint density at radius 3 is 2.50 bits per heavy atom. The van der Waals surface area contributed by atoms with Crippen molar-refractivity contribution in [1.82, 2.24) is 4.72 Å². The van der Waals surface area contributed by atoms with E-state index in [9.17, 15) is 22.0 Å². The van der Waals surface area contributed by atoms with E-state index in [4.69, 9.17) is 4.74 Å². The number of para-hydroxylation sites is 1. The Bertz CT molecular complexity index is 1180. The van der Waals surface area contributed by atoms with Crippen molar-refractivity contribution in [2.45, 2.75) is 11.4 Å². The van der Waals surface area contributed by atoms with Crippen LogP contribution in [0.4, 0.5) is 14.5 Å². The van der Waals surface area contributed by atoms with E-state index in [1.807, 2.05) is 0 Å². The van der Waals surface area contributed by atoms with E-state index in [-0.39, 0.29) is 17.1 Å².